The minimum Gasteiger partial charge on any atom is -0.478 e. The Labute approximate surface area is 146 Å². The zero-order valence-corrected chi connectivity index (χ0v) is 14.6. The summed E-state index contributed by atoms with van der Waals surface area (Å²) in [6, 6.07) is 8.46. The number of benzene rings is 1. The second-order valence-corrected chi connectivity index (χ2v) is 6.50. The number of carbonyl (C=O) groups is 2. The zero-order chi connectivity index (χ0) is 18.1. The van der Waals surface area contributed by atoms with Crippen LogP contribution in [0.15, 0.2) is 30.5 Å². The lowest BCUT2D eigenvalue weighted by molar-refractivity contribution is 0.0665. The summed E-state index contributed by atoms with van der Waals surface area (Å²) in [5.41, 5.74) is 2.29. The van der Waals surface area contributed by atoms with E-state index >= 15 is 0 Å². The van der Waals surface area contributed by atoms with Gasteiger partial charge in [0.15, 0.2) is 5.69 Å². The third kappa shape index (κ3) is 3.35. The zero-order valence-electron chi connectivity index (χ0n) is 14.6. The number of rotatable bonds is 3. The molecule has 0 bridgehead atoms. The van der Waals surface area contributed by atoms with E-state index in [0.717, 1.165) is 5.69 Å². The molecular weight excluding hydrogens is 320 g/mol. The van der Waals surface area contributed by atoms with E-state index in [1.54, 1.807) is 11.9 Å². The average Bonchev–Trinajstić information content (AvgIpc) is 2.97. The summed E-state index contributed by atoms with van der Waals surface area (Å²) in [6.07, 6.45) is 1.36. The lowest BCUT2D eigenvalue weighted by Gasteiger charge is -2.41. The van der Waals surface area contributed by atoms with Crippen molar-refractivity contribution >= 4 is 17.6 Å². The molecule has 1 atom stereocenters. The second-order valence-electron chi connectivity index (χ2n) is 6.50. The molecule has 1 aromatic carbocycles. The summed E-state index contributed by atoms with van der Waals surface area (Å²) < 4.78 is 1.36. The van der Waals surface area contributed by atoms with Crippen molar-refractivity contribution in [3.63, 3.8) is 0 Å². The van der Waals surface area contributed by atoms with E-state index in [4.69, 9.17) is 0 Å². The van der Waals surface area contributed by atoms with Gasteiger partial charge in [0.25, 0.3) is 5.91 Å². The molecule has 7 nitrogen and oxygen atoms in total. The van der Waals surface area contributed by atoms with Crippen LogP contribution in [0.5, 0.6) is 0 Å². The van der Waals surface area contributed by atoms with Gasteiger partial charge in [-0.05, 0) is 26.0 Å². The number of piperazine rings is 1. The first kappa shape index (κ1) is 17.0. The van der Waals surface area contributed by atoms with Crippen molar-refractivity contribution in [1.29, 1.82) is 0 Å². The maximum Gasteiger partial charge on any atom is 0.339 e. The summed E-state index contributed by atoms with van der Waals surface area (Å²) >= 11 is 0. The number of amides is 1. The van der Waals surface area contributed by atoms with Gasteiger partial charge in [-0.1, -0.05) is 17.7 Å². The maximum absolute atomic E-state index is 12.7. The van der Waals surface area contributed by atoms with E-state index in [-0.39, 0.29) is 23.2 Å². The van der Waals surface area contributed by atoms with Crippen LogP contribution >= 0.6 is 0 Å². The van der Waals surface area contributed by atoms with E-state index in [9.17, 15) is 14.7 Å². The SMILES string of the molecule is Cc1ccc(N2CCN(C(=O)c3nn(C)cc3C(=O)O)C[C@H]2C)cc1. The molecule has 1 aliphatic heterocycles. The highest BCUT2D eigenvalue weighted by Gasteiger charge is 2.31. The highest BCUT2D eigenvalue weighted by molar-refractivity contribution is 6.03. The Morgan fingerprint density at radius 1 is 1.20 bits per heavy atom. The standard InChI is InChI=1S/C18H22N4O3/c1-12-4-6-14(7-5-12)22-9-8-21(10-13(22)2)17(23)16-15(18(24)25)11-20(3)19-16/h4-7,11,13H,8-10H2,1-3H3,(H,24,25)/t13-/m1/s1. The molecule has 7 heteroatoms. The van der Waals surface area contributed by atoms with Gasteiger partial charge >= 0.3 is 5.97 Å². The van der Waals surface area contributed by atoms with Crippen LogP contribution in [0.4, 0.5) is 5.69 Å². The van der Waals surface area contributed by atoms with Gasteiger partial charge in [0.05, 0.1) is 0 Å². The second kappa shape index (κ2) is 6.58. The van der Waals surface area contributed by atoms with Gasteiger partial charge in [-0.3, -0.25) is 9.48 Å². The van der Waals surface area contributed by atoms with Gasteiger partial charge in [-0.15, -0.1) is 0 Å². The van der Waals surface area contributed by atoms with Crippen LogP contribution in [0.1, 0.15) is 33.3 Å². The summed E-state index contributed by atoms with van der Waals surface area (Å²) in [6.45, 7) is 5.88. The van der Waals surface area contributed by atoms with E-state index in [1.807, 2.05) is 0 Å². The van der Waals surface area contributed by atoms with Crippen LogP contribution in [-0.4, -0.2) is 57.3 Å². The summed E-state index contributed by atoms with van der Waals surface area (Å²) in [5, 5.41) is 13.3. The van der Waals surface area contributed by atoms with E-state index in [0.29, 0.717) is 19.6 Å². The number of carboxylic acids is 1. The minimum atomic E-state index is -1.14. The highest BCUT2D eigenvalue weighted by atomic mass is 16.4. The van der Waals surface area contributed by atoms with Crippen molar-refractivity contribution in [2.75, 3.05) is 24.5 Å². The molecule has 3 rings (SSSR count). The molecular formula is C18H22N4O3. The fraction of sp³-hybridized carbons (Fsp3) is 0.389. The number of aromatic nitrogens is 2. The summed E-state index contributed by atoms with van der Waals surface area (Å²) in [5.74, 6) is -1.46. The van der Waals surface area contributed by atoms with Crippen LogP contribution in [0, 0.1) is 6.92 Å². The molecule has 0 spiro atoms. The topological polar surface area (TPSA) is 78.7 Å². The Morgan fingerprint density at radius 3 is 2.48 bits per heavy atom. The Morgan fingerprint density at radius 2 is 1.88 bits per heavy atom. The van der Waals surface area contributed by atoms with Crippen LogP contribution in [0.3, 0.4) is 0 Å². The number of aryl methyl sites for hydroxylation is 2. The number of anilines is 1. The average molecular weight is 342 g/mol. The molecule has 132 valence electrons. The third-order valence-corrected chi connectivity index (χ3v) is 4.54. The molecule has 2 aromatic rings. The normalized spacial score (nSPS) is 17.6. The molecule has 25 heavy (non-hydrogen) atoms. The van der Waals surface area contributed by atoms with Gasteiger partial charge in [0, 0.05) is 44.6 Å². The molecule has 1 aromatic heterocycles. The summed E-state index contributed by atoms with van der Waals surface area (Å²) in [4.78, 5) is 28.0. The van der Waals surface area contributed by atoms with Crippen LogP contribution in [-0.2, 0) is 7.05 Å². The highest BCUT2D eigenvalue weighted by Crippen LogP contribution is 2.22. The minimum absolute atomic E-state index is 0.00554. The fourth-order valence-electron chi connectivity index (χ4n) is 3.21. The molecule has 1 saturated heterocycles. The van der Waals surface area contributed by atoms with E-state index in [1.165, 1.54) is 16.4 Å². The lowest BCUT2D eigenvalue weighted by Crippen LogP contribution is -2.54. The first-order valence-corrected chi connectivity index (χ1v) is 8.26. The number of carboxylic acid groups (broad SMARTS) is 1. The molecule has 0 unspecified atom stereocenters. The molecule has 0 radical (unpaired) electrons. The Kier molecular flexibility index (Phi) is 4.48. The monoisotopic (exact) mass is 342 g/mol. The number of hydrogen-bond donors (Lipinski definition) is 1. The van der Waals surface area contributed by atoms with E-state index in [2.05, 4.69) is 48.1 Å². The molecule has 2 heterocycles. The van der Waals surface area contributed by atoms with Crippen molar-refractivity contribution in [2.45, 2.75) is 19.9 Å². The van der Waals surface area contributed by atoms with Crippen molar-refractivity contribution in [3.8, 4) is 0 Å². The number of nitrogens with zero attached hydrogens (tertiary/aromatic N) is 4. The number of aromatic carboxylic acids is 1. The van der Waals surface area contributed by atoms with Gasteiger partial charge in [-0.2, -0.15) is 5.10 Å². The smallest absolute Gasteiger partial charge is 0.339 e. The largest absolute Gasteiger partial charge is 0.478 e. The molecule has 1 aliphatic rings. The molecule has 1 N–H and O–H groups in total. The molecule has 0 aliphatic carbocycles. The lowest BCUT2D eigenvalue weighted by atomic mass is 10.1. The molecule has 1 amide bonds. The molecule has 1 fully saturated rings. The van der Waals surface area contributed by atoms with Crippen molar-refractivity contribution < 1.29 is 14.7 Å². The Bertz CT molecular complexity index is 797. The Hall–Kier alpha value is -2.83. The van der Waals surface area contributed by atoms with Crippen LogP contribution in [0.25, 0.3) is 0 Å². The number of hydrogen-bond acceptors (Lipinski definition) is 4. The van der Waals surface area contributed by atoms with Gasteiger partial charge in [0.2, 0.25) is 0 Å². The van der Waals surface area contributed by atoms with Crippen molar-refractivity contribution in [2.24, 2.45) is 7.05 Å². The first-order chi connectivity index (χ1) is 11.9. The fourth-order valence-corrected chi connectivity index (χ4v) is 3.21. The van der Waals surface area contributed by atoms with Gasteiger partial charge in [0.1, 0.15) is 5.56 Å². The van der Waals surface area contributed by atoms with Crippen LogP contribution in [0.2, 0.25) is 0 Å². The van der Waals surface area contributed by atoms with Gasteiger partial charge in [-0.25, -0.2) is 4.79 Å². The predicted octanol–water partition coefficient (Wildman–Crippen LogP) is 1.78. The Balaban J connectivity index is 1.75. The predicted molar refractivity (Wildman–Crippen MR) is 94.1 cm³/mol. The summed E-state index contributed by atoms with van der Waals surface area (Å²) in [7, 11) is 1.61. The quantitative estimate of drug-likeness (QED) is 0.920. The van der Waals surface area contributed by atoms with Gasteiger partial charge < -0.3 is 14.9 Å². The first-order valence-electron chi connectivity index (χ1n) is 8.26. The van der Waals surface area contributed by atoms with Crippen molar-refractivity contribution in [1.82, 2.24) is 14.7 Å². The van der Waals surface area contributed by atoms with Crippen molar-refractivity contribution in [3.05, 3.63) is 47.3 Å². The maximum atomic E-state index is 12.7. The third-order valence-electron chi connectivity index (χ3n) is 4.54. The number of carbonyl (C=O) groups excluding carboxylic acids is 1. The van der Waals surface area contributed by atoms with E-state index < -0.39 is 5.97 Å². The molecule has 0 saturated carbocycles. The van der Waals surface area contributed by atoms with Crippen LogP contribution < -0.4 is 4.90 Å².